The van der Waals surface area contributed by atoms with Crippen LogP contribution in [0.3, 0.4) is 0 Å². The fourth-order valence-corrected chi connectivity index (χ4v) is 5.64. The third-order valence-electron chi connectivity index (χ3n) is 8.20. The zero-order valence-electron chi connectivity index (χ0n) is 29.1. The van der Waals surface area contributed by atoms with Crippen LogP contribution in [-0.4, -0.2) is 41.1 Å². The van der Waals surface area contributed by atoms with Crippen molar-refractivity contribution < 1.29 is 23.9 Å². The van der Waals surface area contributed by atoms with E-state index < -0.39 is 17.6 Å². The molecule has 0 saturated carbocycles. The minimum atomic E-state index is -0.992. The van der Waals surface area contributed by atoms with Crippen molar-refractivity contribution in [3.63, 3.8) is 0 Å². The Hall–Kier alpha value is -5.70. The number of aryl methyl sites for hydroxylation is 1. The molecule has 0 bridgehead atoms. The maximum atomic E-state index is 13.9. The van der Waals surface area contributed by atoms with Gasteiger partial charge in [-0.15, -0.1) is 0 Å². The predicted octanol–water partition coefficient (Wildman–Crippen LogP) is 6.16. The van der Waals surface area contributed by atoms with E-state index in [4.69, 9.17) is 9.47 Å². The van der Waals surface area contributed by atoms with Crippen LogP contribution in [0.2, 0.25) is 0 Å². The van der Waals surface area contributed by atoms with Gasteiger partial charge >= 0.3 is 5.97 Å². The lowest BCUT2D eigenvalue weighted by molar-refractivity contribution is -0.153. The largest absolute Gasteiger partial charge is 0.497 e. The molecular formula is C41H43N3O6. The Kier molecular flexibility index (Phi) is 11.2. The van der Waals surface area contributed by atoms with E-state index in [1.165, 1.54) is 4.57 Å². The second-order valence-corrected chi connectivity index (χ2v) is 13.4. The van der Waals surface area contributed by atoms with Crippen molar-refractivity contribution in [2.75, 3.05) is 12.4 Å². The fraction of sp³-hybridized carbons (Fsp3) is 0.268. The number of amides is 2. The standard InChI is InChI=1S/C41H43N3O6/c1-27-20-21-44(26-30-15-18-34(49-5)19-16-30)40(48)38(27)43-39(47)35(23-28-10-12-29(13-11-28)25-37(46)50-41(2,3)4)42-36(45)24-31-14-17-32-8-6-7-9-33(32)22-31/h6-22,35H,23-26H2,1-5H3,(H,42,45)(H,43,47)/t35-/m0/s1. The topological polar surface area (TPSA) is 116 Å². The molecule has 0 aliphatic rings. The molecule has 258 valence electrons. The zero-order chi connectivity index (χ0) is 35.8. The maximum absolute atomic E-state index is 13.9. The summed E-state index contributed by atoms with van der Waals surface area (Å²) >= 11 is 0. The van der Waals surface area contributed by atoms with E-state index in [0.29, 0.717) is 17.9 Å². The summed E-state index contributed by atoms with van der Waals surface area (Å²) in [7, 11) is 1.59. The van der Waals surface area contributed by atoms with Crippen LogP contribution in [0.5, 0.6) is 5.75 Å². The minimum Gasteiger partial charge on any atom is -0.497 e. The first kappa shape index (κ1) is 35.6. The first-order valence-electron chi connectivity index (χ1n) is 16.6. The summed E-state index contributed by atoms with van der Waals surface area (Å²) in [6, 6.07) is 29.2. The molecule has 0 radical (unpaired) electrons. The molecule has 2 N–H and O–H groups in total. The highest BCUT2D eigenvalue weighted by atomic mass is 16.6. The van der Waals surface area contributed by atoms with Crippen LogP contribution in [0.25, 0.3) is 10.8 Å². The number of hydrogen-bond acceptors (Lipinski definition) is 6. The van der Waals surface area contributed by atoms with E-state index >= 15 is 0 Å². The Morgan fingerprint density at radius 3 is 2.10 bits per heavy atom. The van der Waals surface area contributed by atoms with Gasteiger partial charge in [-0.05, 0) is 84.5 Å². The van der Waals surface area contributed by atoms with Gasteiger partial charge in [0, 0.05) is 12.6 Å². The van der Waals surface area contributed by atoms with E-state index in [9.17, 15) is 19.2 Å². The Labute approximate surface area is 292 Å². The number of pyridine rings is 1. The summed E-state index contributed by atoms with van der Waals surface area (Å²) in [6.45, 7) is 7.51. The number of nitrogens with one attached hydrogen (secondary N) is 2. The van der Waals surface area contributed by atoms with Crippen molar-refractivity contribution in [1.29, 1.82) is 0 Å². The number of hydrogen-bond donors (Lipinski definition) is 2. The number of aromatic nitrogens is 1. The molecule has 1 heterocycles. The van der Waals surface area contributed by atoms with Crippen molar-refractivity contribution in [3.8, 4) is 5.75 Å². The van der Waals surface area contributed by atoms with E-state index in [1.807, 2.05) is 112 Å². The Balaban J connectivity index is 1.35. The Bertz CT molecular complexity index is 2040. The summed E-state index contributed by atoms with van der Waals surface area (Å²) in [5, 5.41) is 7.83. The predicted molar refractivity (Wildman–Crippen MR) is 195 cm³/mol. The number of esters is 1. The molecule has 0 saturated heterocycles. The highest BCUT2D eigenvalue weighted by Crippen LogP contribution is 2.18. The van der Waals surface area contributed by atoms with Crippen molar-refractivity contribution in [2.24, 2.45) is 0 Å². The number of anilines is 1. The molecule has 9 heteroatoms. The fourth-order valence-electron chi connectivity index (χ4n) is 5.64. The van der Waals surface area contributed by atoms with Crippen molar-refractivity contribution in [2.45, 2.75) is 65.1 Å². The molecule has 0 unspecified atom stereocenters. The van der Waals surface area contributed by atoms with Gasteiger partial charge in [-0.1, -0.05) is 78.9 Å². The van der Waals surface area contributed by atoms with Gasteiger partial charge in [0.25, 0.3) is 5.56 Å². The van der Waals surface area contributed by atoms with Crippen LogP contribution in [0.1, 0.15) is 48.6 Å². The van der Waals surface area contributed by atoms with Crippen LogP contribution >= 0.6 is 0 Å². The molecule has 2 amide bonds. The van der Waals surface area contributed by atoms with Gasteiger partial charge in [0.2, 0.25) is 11.8 Å². The van der Waals surface area contributed by atoms with Crippen LogP contribution in [0.4, 0.5) is 5.69 Å². The third kappa shape index (κ3) is 9.69. The summed E-state index contributed by atoms with van der Waals surface area (Å²) in [6.07, 6.45) is 2.04. The molecule has 1 aromatic heterocycles. The van der Waals surface area contributed by atoms with Crippen LogP contribution < -0.4 is 20.9 Å². The quantitative estimate of drug-likeness (QED) is 0.153. The molecule has 0 fully saturated rings. The molecule has 0 spiro atoms. The molecule has 5 aromatic rings. The first-order valence-corrected chi connectivity index (χ1v) is 16.6. The second kappa shape index (κ2) is 15.7. The maximum Gasteiger partial charge on any atom is 0.310 e. The van der Waals surface area contributed by atoms with Crippen LogP contribution in [-0.2, 0) is 44.9 Å². The zero-order valence-corrected chi connectivity index (χ0v) is 29.1. The minimum absolute atomic E-state index is 0.0719. The van der Waals surface area contributed by atoms with Crippen LogP contribution in [0.15, 0.2) is 108 Å². The van der Waals surface area contributed by atoms with E-state index in [-0.39, 0.29) is 42.4 Å². The smallest absolute Gasteiger partial charge is 0.310 e. The summed E-state index contributed by atoms with van der Waals surface area (Å²) in [4.78, 5) is 53.3. The lowest BCUT2D eigenvalue weighted by atomic mass is 10.0. The highest BCUT2D eigenvalue weighted by molar-refractivity contribution is 5.98. The van der Waals surface area contributed by atoms with Gasteiger partial charge in [-0.25, -0.2) is 0 Å². The lowest BCUT2D eigenvalue weighted by Crippen LogP contribution is -2.46. The number of methoxy groups -OCH3 is 1. The van der Waals surface area contributed by atoms with Crippen molar-refractivity contribution in [3.05, 3.63) is 141 Å². The number of ether oxygens (including phenoxy) is 2. The lowest BCUT2D eigenvalue weighted by Gasteiger charge is -2.20. The second-order valence-electron chi connectivity index (χ2n) is 13.4. The average Bonchev–Trinajstić information content (AvgIpc) is 3.07. The van der Waals surface area contributed by atoms with Crippen LogP contribution in [0, 0.1) is 6.92 Å². The van der Waals surface area contributed by atoms with Crippen molar-refractivity contribution >= 4 is 34.2 Å². The van der Waals surface area contributed by atoms with E-state index in [1.54, 1.807) is 26.3 Å². The molecule has 9 nitrogen and oxygen atoms in total. The van der Waals surface area contributed by atoms with Gasteiger partial charge in [0.1, 0.15) is 23.1 Å². The number of carbonyl (C=O) groups is 3. The molecule has 0 aliphatic heterocycles. The normalized spacial score (nSPS) is 11.9. The molecule has 4 aromatic carbocycles. The summed E-state index contributed by atoms with van der Waals surface area (Å²) in [5.74, 6) is -0.468. The molecule has 0 aliphatic carbocycles. The molecule has 50 heavy (non-hydrogen) atoms. The van der Waals surface area contributed by atoms with E-state index in [0.717, 1.165) is 33.0 Å². The number of fused-ring (bicyclic) bond motifs is 1. The van der Waals surface area contributed by atoms with Gasteiger partial charge in [-0.2, -0.15) is 0 Å². The first-order chi connectivity index (χ1) is 23.9. The van der Waals surface area contributed by atoms with Gasteiger partial charge in [-0.3, -0.25) is 19.2 Å². The molecule has 1 atom stereocenters. The SMILES string of the molecule is COc1ccc(Cn2ccc(C)c(NC(=O)[C@H](Cc3ccc(CC(=O)OC(C)(C)C)cc3)NC(=O)Cc3ccc4ccccc4c3)c2=O)cc1. The average molecular weight is 674 g/mol. The molecule has 5 rings (SSSR count). The Morgan fingerprint density at radius 2 is 1.42 bits per heavy atom. The van der Waals surface area contributed by atoms with Gasteiger partial charge in [0.15, 0.2) is 0 Å². The monoisotopic (exact) mass is 673 g/mol. The third-order valence-corrected chi connectivity index (χ3v) is 8.20. The number of carbonyl (C=O) groups excluding carboxylic acids is 3. The summed E-state index contributed by atoms with van der Waals surface area (Å²) < 4.78 is 12.2. The van der Waals surface area contributed by atoms with E-state index in [2.05, 4.69) is 10.6 Å². The molecular weight excluding hydrogens is 630 g/mol. The van der Waals surface area contributed by atoms with Gasteiger partial charge < -0.3 is 24.7 Å². The number of nitrogens with zero attached hydrogens (tertiary/aromatic N) is 1. The number of rotatable bonds is 12. The van der Waals surface area contributed by atoms with Gasteiger partial charge in [0.05, 0.1) is 26.5 Å². The summed E-state index contributed by atoms with van der Waals surface area (Å²) in [5.41, 5.74) is 3.04. The van der Waals surface area contributed by atoms with Crippen molar-refractivity contribution in [1.82, 2.24) is 9.88 Å². The highest BCUT2D eigenvalue weighted by Gasteiger charge is 2.24. The number of benzene rings is 4. The Morgan fingerprint density at radius 1 is 0.780 bits per heavy atom.